The van der Waals surface area contributed by atoms with Gasteiger partial charge < -0.3 is 19.8 Å². The smallest absolute Gasteiger partial charge is 0.191 e. The summed E-state index contributed by atoms with van der Waals surface area (Å²) in [6, 6.07) is 3.91. The number of nitrogens with zero attached hydrogens (tertiary/aromatic N) is 3. The van der Waals surface area contributed by atoms with Crippen molar-refractivity contribution < 1.29 is 9.15 Å². The van der Waals surface area contributed by atoms with Gasteiger partial charge in [0.2, 0.25) is 0 Å². The standard InChI is InChI=1S/C19H29N5O2/c1-3-18-16(13-24(2)23-18)12-22-19(21-11-15-7-10-25-14-15)20-8-6-17-5-4-9-26-17/h4-5,9,13,15H,3,6-8,10-12,14H2,1-2H3,(H2,20,21,22). The Morgan fingerprint density at radius 2 is 2.35 bits per heavy atom. The van der Waals surface area contributed by atoms with Crippen LogP contribution in [0, 0.1) is 5.92 Å². The molecule has 1 fully saturated rings. The lowest BCUT2D eigenvalue weighted by Crippen LogP contribution is -2.40. The Labute approximate surface area is 154 Å². The second-order valence-corrected chi connectivity index (χ2v) is 6.66. The van der Waals surface area contributed by atoms with Crippen LogP contribution in [-0.2, 0) is 31.2 Å². The highest BCUT2D eigenvalue weighted by atomic mass is 16.5. The Morgan fingerprint density at radius 1 is 1.42 bits per heavy atom. The Kier molecular flexibility index (Phi) is 6.71. The Bertz CT molecular complexity index is 687. The molecule has 0 radical (unpaired) electrons. The third-order valence-corrected chi connectivity index (χ3v) is 4.56. The van der Waals surface area contributed by atoms with Crippen molar-refractivity contribution in [1.82, 2.24) is 20.4 Å². The van der Waals surface area contributed by atoms with Gasteiger partial charge in [-0.15, -0.1) is 0 Å². The number of rotatable bonds is 8. The molecule has 2 aromatic heterocycles. The van der Waals surface area contributed by atoms with E-state index in [-0.39, 0.29) is 0 Å². The lowest BCUT2D eigenvalue weighted by molar-refractivity contribution is 0.186. The third-order valence-electron chi connectivity index (χ3n) is 4.56. The van der Waals surface area contributed by atoms with E-state index in [1.807, 2.05) is 30.1 Å². The second kappa shape index (κ2) is 9.43. The minimum atomic E-state index is 0.552. The van der Waals surface area contributed by atoms with Crippen molar-refractivity contribution in [2.45, 2.75) is 32.7 Å². The summed E-state index contributed by atoms with van der Waals surface area (Å²) >= 11 is 0. The first kappa shape index (κ1) is 18.5. The predicted molar refractivity (Wildman–Crippen MR) is 101 cm³/mol. The summed E-state index contributed by atoms with van der Waals surface area (Å²) < 4.78 is 12.7. The van der Waals surface area contributed by atoms with Crippen LogP contribution in [0.3, 0.4) is 0 Å². The first-order valence-electron chi connectivity index (χ1n) is 9.38. The topological polar surface area (TPSA) is 76.6 Å². The van der Waals surface area contributed by atoms with Crippen molar-refractivity contribution in [3.8, 4) is 0 Å². The van der Waals surface area contributed by atoms with Crippen molar-refractivity contribution in [2.24, 2.45) is 18.0 Å². The second-order valence-electron chi connectivity index (χ2n) is 6.66. The maximum absolute atomic E-state index is 5.46. The number of nitrogens with one attached hydrogen (secondary N) is 2. The Balaban J connectivity index is 1.58. The highest BCUT2D eigenvalue weighted by Gasteiger charge is 2.16. The number of hydrogen-bond acceptors (Lipinski definition) is 4. The van der Waals surface area contributed by atoms with E-state index in [0.29, 0.717) is 12.5 Å². The van der Waals surface area contributed by atoms with E-state index in [4.69, 9.17) is 14.1 Å². The molecule has 0 spiro atoms. The molecule has 3 rings (SSSR count). The largest absolute Gasteiger partial charge is 0.469 e. The van der Waals surface area contributed by atoms with Crippen molar-refractivity contribution in [3.63, 3.8) is 0 Å². The van der Waals surface area contributed by atoms with Gasteiger partial charge in [0.15, 0.2) is 5.96 Å². The van der Waals surface area contributed by atoms with Gasteiger partial charge in [0, 0.05) is 50.8 Å². The first-order valence-corrected chi connectivity index (χ1v) is 9.38. The highest BCUT2D eigenvalue weighted by molar-refractivity contribution is 5.79. The molecule has 1 aliphatic heterocycles. The summed E-state index contributed by atoms with van der Waals surface area (Å²) in [4.78, 5) is 4.77. The molecule has 1 unspecified atom stereocenters. The fourth-order valence-corrected chi connectivity index (χ4v) is 3.10. The summed E-state index contributed by atoms with van der Waals surface area (Å²) in [5, 5.41) is 11.4. The lowest BCUT2D eigenvalue weighted by Gasteiger charge is -2.15. The number of hydrogen-bond donors (Lipinski definition) is 2. The average Bonchev–Trinajstić information content (AvgIpc) is 3.38. The van der Waals surface area contributed by atoms with Gasteiger partial charge in [-0.25, -0.2) is 4.99 Å². The van der Waals surface area contributed by atoms with Gasteiger partial charge in [-0.2, -0.15) is 5.10 Å². The van der Waals surface area contributed by atoms with Crippen LogP contribution in [0.2, 0.25) is 0 Å². The molecule has 0 saturated carbocycles. The quantitative estimate of drug-likeness (QED) is 0.556. The van der Waals surface area contributed by atoms with E-state index < -0.39 is 0 Å². The third kappa shape index (κ3) is 5.36. The van der Waals surface area contributed by atoms with E-state index in [2.05, 4.69) is 22.7 Å². The van der Waals surface area contributed by atoms with E-state index in [1.165, 1.54) is 5.56 Å². The fourth-order valence-electron chi connectivity index (χ4n) is 3.10. The molecule has 0 aromatic carbocycles. The highest BCUT2D eigenvalue weighted by Crippen LogP contribution is 2.11. The SMILES string of the molecule is CCc1nn(C)cc1CN=C(NCCc1ccco1)NCC1CCOC1. The summed E-state index contributed by atoms with van der Waals surface area (Å²) in [5.41, 5.74) is 2.28. The van der Waals surface area contributed by atoms with E-state index in [1.54, 1.807) is 6.26 Å². The number of aliphatic imine (C=N–C) groups is 1. The molecule has 1 atom stereocenters. The minimum absolute atomic E-state index is 0.552. The van der Waals surface area contributed by atoms with Crippen LogP contribution in [0.15, 0.2) is 34.0 Å². The van der Waals surface area contributed by atoms with Gasteiger partial charge >= 0.3 is 0 Å². The van der Waals surface area contributed by atoms with Crippen LogP contribution in [-0.4, -0.2) is 42.0 Å². The maximum Gasteiger partial charge on any atom is 0.191 e. The molecule has 7 heteroatoms. The molecule has 3 heterocycles. The predicted octanol–water partition coefficient (Wildman–Crippen LogP) is 1.89. The molecule has 26 heavy (non-hydrogen) atoms. The van der Waals surface area contributed by atoms with Gasteiger partial charge in [-0.05, 0) is 25.0 Å². The molecular weight excluding hydrogens is 330 g/mol. The average molecular weight is 359 g/mol. The number of ether oxygens (including phenoxy) is 1. The molecule has 7 nitrogen and oxygen atoms in total. The summed E-state index contributed by atoms with van der Waals surface area (Å²) in [7, 11) is 1.95. The van der Waals surface area contributed by atoms with Crippen LogP contribution in [0.5, 0.6) is 0 Å². The van der Waals surface area contributed by atoms with Crippen molar-refractivity contribution >= 4 is 5.96 Å². The molecule has 142 valence electrons. The molecule has 1 aliphatic rings. The monoisotopic (exact) mass is 359 g/mol. The summed E-state index contributed by atoms with van der Waals surface area (Å²) in [5.74, 6) is 2.35. The van der Waals surface area contributed by atoms with Gasteiger partial charge in [-0.3, -0.25) is 4.68 Å². The summed E-state index contributed by atoms with van der Waals surface area (Å²) in [6.45, 7) is 6.08. The molecule has 1 saturated heterocycles. The normalized spacial score (nSPS) is 17.6. The zero-order valence-corrected chi connectivity index (χ0v) is 15.7. The minimum Gasteiger partial charge on any atom is -0.469 e. The molecule has 2 aromatic rings. The van der Waals surface area contributed by atoms with Gasteiger partial charge in [0.05, 0.1) is 25.1 Å². The maximum atomic E-state index is 5.46. The zero-order chi connectivity index (χ0) is 18.2. The molecular formula is C19H29N5O2. The van der Waals surface area contributed by atoms with E-state index >= 15 is 0 Å². The molecule has 0 aliphatic carbocycles. The number of aromatic nitrogens is 2. The number of aryl methyl sites for hydroxylation is 2. The fraction of sp³-hybridized carbons (Fsp3) is 0.579. The number of furan rings is 1. The van der Waals surface area contributed by atoms with Crippen LogP contribution >= 0.6 is 0 Å². The van der Waals surface area contributed by atoms with Crippen molar-refractivity contribution in [1.29, 1.82) is 0 Å². The molecule has 2 N–H and O–H groups in total. The van der Waals surface area contributed by atoms with E-state index in [0.717, 1.165) is 63.0 Å². The van der Waals surface area contributed by atoms with Crippen LogP contribution in [0.25, 0.3) is 0 Å². The van der Waals surface area contributed by atoms with Crippen LogP contribution < -0.4 is 10.6 Å². The molecule has 0 amide bonds. The molecule has 0 bridgehead atoms. The van der Waals surface area contributed by atoms with Crippen molar-refractivity contribution in [3.05, 3.63) is 41.6 Å². The Morgan fingerprint density at radius 3 is 3.08 bits per heavy atom. The summed E-state index contributed by atoms with van der Waals surface area (Å²) in [6.07, 6.45) is 6.60. The van der Waals surface area contributed by atoms with Gasteiger partial charge in [-0.1, -0.05) is 6.92 Å². The van der Waals surface area contributed by atoms with Crippen molar-refractivity contribution in [2.75, 3.05) is 26.3 Å². The van der Waals surface area contributed by atoms with Crippen LogP contribution in [0.1, 0.15) is 30.4 Å². The van der Waals surface area contributed by atoms with Crippen LogP contribution in [0.4, 0.5) is 0 Å². The zero-order valence-electron chi connectivity index (χ0n) is 15.7. The number of guanidine groups is 1. The Hall–Kier alpha value is -2.28. The first-order chi connectivity index (χ1) is 12.7. The lowest BCUT2D eigenvalue weighted by atomic mass is 10.1. The van der Waals surface area contributed by atoms with E-state index in [9.17, 15) is 0 Å². The van der Waals surface area contributed by atoms with Gasteiger partial charge in [0.25, 0.3) is 0 Å². The van der Waals surface area contributed by atoms with Gasteiger partial charge in [0.1, 0.15) is 5.76 Å².